The molecule has 2 N–H and O–H groups in total. The Kier molecular flexibility index (Phi) is 13.7. The Bertz CT molecular complexity index is 271. The number of ether oxygens (including phenoxy) is 1. The summed E-state index contributed by atoms with van der Waals surface area (Å²) in [7, 11) is 0. The molecule has 0 aromatic rings. The first-order chi connectivity index (χ1) is 8.49. The number of nitrogens with zero attached hydrogens (tertiary/aromatic N) is 1. The van der Waals surface area contributed by atoms with Crippen LogP contribution in [-0.2, 0) is 9.53 Å². The van der Waals surface area contributed by atoms with Crippen LogP contribution in [0.4, 0.5) is 0 Å². The molecule has 0 saturated heterocycles. The summed E-state index contributed by atoms with van der Waals surface area (Å²) in [5.74, 6) is 0.553. The third-order valence-corrected chi connectivity index (χ3v) is 2.29. The van der Waals surface area contributed by atoms with Gasteiger partial charge in [0.25, 0.3) is 0 Å². The minimum absolute atomic E-state index is 0. The first-order valence-electron chi connectivity index (χ1n) is 6.73. The van der Waals surface area contributed by atoms with Crippen molar-refractivity contribution in [3.63, 3.8) is 0 Å². The zero-order valence-corrected chi connectivity index (χ0v) is 15.0. The lowest BCUT2D eigenvalue weighted by Gasteiger charge is -2.16. The van der Waals surface area contributed by atoms with Gasteiger partial charge in [0.15, 0.2) is 5.96 Å². The number of guanidine groups is 1. The molecule has 0 radical (unpaired) electrons. The van der Waals surface area contributed by atoms with Crippen molar-refractivity contribution < 1.29 is 9.53 Å². The molecule has 1 atom stereocenters. The maximum absolute atomic E-state index is 11.3. The Hall–Kier alpha value is -0.530. The van der Waals surface area contributed by atoms with Gasteiger partial charge < -0.3 is 15.4 Å². The fraction of sp³-hybridized carbons (Fsp3) is 0.846. The summed E-state index contributed by atoms with van der Waals surface area (Å²) in [4.78, 5) is 15.7. The number of carbonyl (C=O) groups is 1. The average Bonchev–Trinajstić information content (AvgIpc) is 2.28. The van der Waals surface area contributed by atoms with Gasteiger partial charge in [-0.3, -0.25) is 9.79 Å². The number of nitrogens with one attached hydrogen (secondary N) is 2. The summed E-state index contributed by atoms with van der Waals surface area (Å²) in [5.41, 5.74) is 0. The summed E-state index contributed by atoms with van der Waals surface area (Å²) in [6, 6.07) is 0.366. The van der Waals surface area contributed by atoms with Crippen molar-refractivity contribution in [2.45, 2.75) is 59.6 Å². The number of halogens is 1. The zero-order chi connectivity index (χ0) is 14.0. The molecular weight excluding hydrogens is 357 g/mol. The highest BCUT2D eigenvalue weighted by Crippen LogP contribution is 1.94. The number of hydrogen-bond donors (Lipinski definition) is 2. The van der Waals surface area contributed by atoms with Gasteiger partial charge >= 0.3 is 5.97 Å². The molecule has 6 heteroatoms. The lowest BCUT2D eigenvalue weighted by molar-refractivity contribution is -0.147. The van der Waals surface area contributed by atoms with Crippen molar-refractivity contribution in [1.29, 1.82) is 0 Å². The van der Waals surface area contributed by atoms with Crippen molar-refractivity contribution >= 4 is 35.9 Å². The molecule has 0 saturated carbocycles. The zero-order valence-electron chi connectivity index (χ0n) is 12.7. The van der Waals surface area contributed by atoms with Crippen LogP contribution in [0.25, 0.3) is 0 Å². The molecule has 0 aromatic carbocycles. The van der Waals surface area contributed by atoms with Crippen molar-refractivity contribution in [2.24, 2.45) is 4.99 Å². The van der Waals surface area contributed by atoms with E-state index >= 15 is 0 Å². The number of esters is 1. The van der Waals surface area contributed by atoms with Crippen LogP contribution in [0.3, 0.4) is 0 Å². The molecule has 0 bridgehead atoms. The quantitative estimate of drug-likeness (QED) is 0.306. The Morgan fingerprint density at radius 2 is 1.89 bits per heavy atom. The normalized spacial score (nSPS) is 12.6. The molecule has 1 unspecified atom stereocenters. The van der Waals surface area contributed by atoms with Crippen LogP contribution < -0.4 is 10.6 Å². The molecule has 0 aromatic heterocycles. The van der Waals surface area contributed by atoms with Gasteiger partial charge in [0.05, 0.1) is 19.1 Å². The summed E-state index contributed by atoms with van der Waals surface area (Å²) < 4.78 is 5.05. The van der Waals surface area contributed by atoms with Gasteiger partial charge in [0.2, 0.25) is 0 Å². The van der Waals surface area contributed by atoms with Crippen LogP contribution >= 0.6 is 24.0 Å². The third-order valence-electron chi connectivity index (χ3n) is 2.29. The first-order valence-corrected chi connectivity index (χ1v) is 6.73. The molecule has 0 rings (SSSR count). The van der Waals surface area contributed by atoms with Crippen LogP contribution in [0.2, 0.25) is 0 Å². The van der Waals surface area contributed by atoms with Crippen molar-refractivity contribution in [2.75, 3.05) is 13.1 Å². The third kappa shape index (κ3) is 12.3. The summed E-state index contributed by atoms with van der Waals surface area (Å²) in [6.07, 6.45) is 1.28. The second-order valence-corrected chi connectivity index (χ2v) is 4.50. The lowest BCUT2D eigenvalue weighted by Crippen LogP contribution is -2.42. The molecule has 0 aliphatic carbocycles. The molecule has 0 aliphatic heterocycles. The Morgan fingerprint density at radius 3 is 2.37 bits per heavy atom. The molecule has 0 fully saturated rings. The van der Waals surface area contributed by atoms with Gasteiger partial charge in [0, 0.05) is 12.6 Å². The highest BCUT2D eigenvalue weighted by molar-refractivity contribution is 14.0. The smallest absolute Gasteiger partial charge is 0.307 e. The van der Waals surface area contributed by atoms with Gasteiger partial charge in [-0.25, -0.2) is 0 Å². The van der Waals surface area contributed by atoms with Crippen molar-refractivity contribution in [3.8, 4) is 0 Å². The van der Waals surface area contributed by atoms with Crippen molar-refractivity contribution in [3.05, 3.63) is 0 Å². The minimum atomic E-state index is -0.201. The van der Waals surface area contributed by atoms with Gasteiger partial charge in [-0.05, 0) is 34.1 Å². The molecule has 114 valence electrons. The standard InChI is InChI=1S/C13H27N3O2.HI/c1-6-11(5)16-13(14-7-2)15-9-8-12(17)18-10(3)4;/h10-11H,6-9H2,1-5H3,(H2,14,15,16);1H. The minimum Gasteiger partial charge on any atom is -0.463 e. The number of aliphatic imine (C=N–C) groups is 1. The summed E-state index contributed by atoms with van der Waals surface area (Å²) >= 11 is 0. The largest absolute Gasteiger partial charge is 0.463 e. The highest BCUT2D eigenvalue weighted by atomic mass is 127. The molecule has 19 heavy (non-hydrogen) atoms. The van der Waals surface area contributed by atoms with Crippen molar-refractivity contribution in [1.82, 2.24) is 10.6 Å². The molecule has 5 nitrogen and oxygen atoms in total. The monoisotopic (exact) mass is 385 g/mol. The van der Waals surface area contributed by atoms with E-state index in [2.05, 4.69) is 29.5 Å². The van der Waals surface area contributed by atoms with Gasteiger partial charge in [-0.15, -0.1) is 24.0 Å². The summed E-state index contributed by atoms with van der Waals surface area (Å²) in [5, 5.41) is 6.42. The van der Waals surface area contributed by atoms with E-state index in [-0.39, 0.29) is 36.0 Å². The molecular formula is C13H28IN3O2. The van der Waals surface area contributed by atoms with E-state index < -0.39 is 0 Å². The predicted molar refractivity (Wildman–Crippen MR) is 90.1 cm³/mol. The van der Waals surface area contributed by atoms with E-state index in [1.165, 1.54) is 0 Å². The molecule has 0 amide bonds. The van der Waals surface area contributed by atoms with E-state index in [4.69, 9.17) is 4.74 Å². The van der Waals surface area contributed by atoms with E-state index in [0.717, 1.165) is 18.9 Å². The molecule has 0 aliphatic rings. The number of carbonyl (C=O) groups excluding carboxylic acids is 1. The van der Waals surface area contributed by atoms with Gasteiger partial charge in [-0.2, -0.15) is 0 Å². The van der Waals surface area contributed by atoms with Crippen LogP contribution in [0.5, 0.6) is 0 Å². The first kappa shape index (κ1) is 20.8. The number of hydrogen-bond acceptors (Lipinski definition) is 3. The lowest BCUT2D eigenvalue weighted by atomic mass is 10.3. The SMILES string of the molecule is CCNC(=NCCC(=O)OC(C)C)NC(C)CC.I. The van der Waals surface area contributed by atoms with E-state index in [1.807, 2.05) is 20.8 Å². The van der Waals surface area contributed by atoms with Crippen LogP contribution in [-0.4, -0.2) is 37.2 Å². The Morgan fingerprint density at radius 1 is 1.26 bits per heavy atom. The highest BCUT2D eigenvalue weighted by Gasteiger charge is 2.06. The van der Waals surface area contributed by atoms with Gasteiger partial charge in [0.1, 0.15) is 0 Å². The average molecular weight is 385 g/mol. The Labute approximate surface area is 134 Å². The van der Waals surface area contributed by atoms with Crippen LogP contribution in [0.15, 0.2) is 4.99 Å². The predicted octanol–water partition coefficient (Wildman–Crippen LogP) is 2.30. The van der Waals surface area contributed by atoms with E-state index in [9.17, 15) is 4.79 Å². The second-order valence-electron chi connectivity index (χ2n) is 4.50. The van der Waals surface area contributed by atoms with Gasteiger partial charge in [-0.1, -0.05) is 6.92 Å². The van der Waals surface area contributed by atoms with Crippen LogP contribution in [0, 0.1) is 0 Å². The Balaban J connectivity index is 0. The fourth-order valence-electron chi connectivity index (χ4n) is 1.24. The molecule has 0 heterocycles. The van der Waals surface area contributed by atoms with E-state index in [1.54, 1.807) is 0 Å². The second kappa shape index (κ2) is 12.5. The fourth-order valence-corrected chi connectivity index (χ4v) is 1.24. The maximum atomic E-state index is 11.3. The summed E-state index contributed by atoms with van der Waals surface area (Å²) in [6.45, 7) is 11.2. The molecule has 0 spiro atoms. The maximum Gasteiger partial charge on any atom is 0.307 e. The topological polar surface area (TPSA) is 62.7 Å². The van der Waals surface area contributed by atoms with E-state index in [0.29, 0.717) is 19.0 Å². The van der Waals surface area contributed by atoms with Crippen LogP contribution in [0.1, 0.15) is 47.5 Å². The number of rotatable bonds is 7.